The number of rotatable bonds is 7. The highest BCUT2D eigenvalue weighted by Crippen LogP contribution is 2.34. The number of aliphatic hydroxyl groups excluding tert-OH is 1. The van der Waals surface area contributed by atoms with Gasteiger partial charge in [0.15, 0.2) is 11.5 Å². The molecule has 5 heteroatoms. The summed E-state index contributed by atoms with van der Waals surface area (Å²) >= 11 is 1.63. The van der Waals surface area contributed by atoms with Crippen LogP contribution in [0.1, 0.15) is 13.3 Å². The van der Waals surface area contributed by atoms with Gasteiger partial charge in [0, 0.05) is 17.2 Å². The molecule has 0 aromatic heterocycles. The topological polar surface area (TPSA) is 50.7 Å². The SMILES string of the molecule is CCCNCC(O)CSc1ccc2c(c1)OCCO2. The molecule has 19 heavy (non-hydrogen) atoms. The molecule has 1 aromatic rings. The molecule has 1 aromatic carbocycles. The number of hydrogen-bond acceptors (Lipinski definition) is 5. The van der Waals surface area contributed by atoms with Crippen molar-refractivity contribution in [1.82, 2.24) is 5.32 Å². The van der Waals surface area contributed by atoms with Crippen molar-refractivity contribution < 1.29 is 14.6 Å². The Labute approximate surface area is 118 Å². The minimum absolute atomic E-state index is 0.329. The molecule has 106 valence electrons. The van der Waals surface area contributed by atoms with Crippen LogP contribution in [0.2, 0.25) is 0 Å². The monoisotopic (exact) mass is 283 g/mol. The molecule has 0 amide bonds. The predicted octanol–water partition coefficient (Wildman–Crippen LogP) is 1.91. The molecule has 1 aliphatic rings. The summed E-state index contributed by atoms with van der Waals surface area (Å²) in [5.41, 5.74) is 0. The summed E-state index contributed by atoms with van der Waals surface area (Å²) in [6.45, 7) is 4.92. The van der Waals surface area contributed by atoms with Crippen molar-refractivity contribution in [2.75, 3.05) is 32.1 Å². The second kappa shape index (κ2) is 7.62. The van der Waals surface area contributed by atoms with Crippen molar-refractivity contribution in [2.45, 2.75) is 24.3 Å². The first-order valence-corrected chi connectivity index (χ1v) is 7.69. The molecule has 4 nitrogen and oxygen atoms in total. The van der Waals surface area contributed by atoms with E-state index in [1.54, 1.807) is 11.8 Å². The first-order chi connectivity index (χ1) is 9.29. The maximum atomic E-state index is 9.84. The van der Waals surface area contributed by atoms with Gasteiger partial charge >= 0.3 is 0 Å². The Balaban J connectivity index is 1.79. The fraction of sp³-hybridized carbons (Fsp3) is 0.571. The summed E-state index contributed by atoms with van der Waals surface area (Å²) < 4.78 is 11.0. The number of fused-ring (bicyclic) bond motifs is 1. The van der Waals surface area contributed by atoms with Gasteiger partial charge in [-0.1, -0.05) is 6.92 Å². The molecule has 0 fully saturated rings. The second-order valence-electron chi connectivity index (χ2n) is 4.47. The van der Waals surface area contributed by atoms with Gasteiger partial charge in [-0.3, -0.25) is 0 Å². The lowest BCUT2D eigenvalue weighted by atomic mass is 10.3. The zero-order valence-corrected chi connectivity index (χ0v) is 12.0. The fourth-order valence-electron chi connectivity index (χ4n) is 1.81. The first kappa shape index (κ1) is 14.5. The molecule has 2 N–H and O–H groups in total. The minimum Gasteiger partial charge on any atom is -0.486 e. The highest BCUT2D eigenvalue weighted by Gasteiger charge is 2.12. The van der Waals surface area contributed by atoms with Crippen LogP contribution in [0.5, 0.6) is 11.5 Å². The predicted molar refractivity (Wildman–Crippen MR) is 77.3 cm³/mol. The lowest BCUT2D eigenvalue weighted by Gasteiger charge is -2.19. The average Bonchev–Trinajstić information content (AvgIpc) is 2.45. The molecule has 0 aliphatic carbocycles. The van der Waals surface area contributed by atoms with E-state index in [-0.39, 0.29) is 6.10 Å². The molecule has 0 radical (unpaired) electrons. The molecular weight excluding hydrogens is 262 g/mol. The van der Waals surface area contributed by atoms with Crippen molar-refractivity contribution in [3.05, 3.63) is 18.2 Å². The molecule has 2 rings (SSSR count). The van der Waals surface area contributed by atoms with Gasteiger partial charge in [0.25, 0.3) is 0 Å². The van der Waals surface area contributed by atoms with Crippen LogP contribution in [-0.4, -0.2) is 43.3 Å². The third-order valence-electron chi connectivity index (χ3n) is 2.76. The van der Waals surface area contributed by atoms with Gasteiger partial charge < -0.3 is 19.9 Å². The molecule has 0 saturated carbocycles. The number of hydrogen-bond donors (Lipinski definition) is 2. The Morgan fingerprint density at radius 3 is 2.89 bits per heavy atom. The Hall–Kier alpha value is -0.910. The van der Waals surface area contributed by atoms with Crippen molar-refractivity contribution in [1.29, 1.82) is 0 Å². The van der Waals surface area contributed by atoms with Crippen LogP contribution in [0.4, 0.5) is 0 Å². The molecule has 0 saturated heterocycles. The minimum atomic E-state index is -0.329. The van der Waals surface area contributed by atoms with Crippen LogP contribution in [0.15, 0.2) is 23.1 Å². The van der Waals surface area contributed by atoms with Gasteiger partial charge in [-0.05, 0) is 31.2 Å². The smallest absolute Gasteiger partial charge is 0.162 e. The molecule has 0 bridgehead atoms. The van der Waals surface area contributed by atoms with Crippen molar-refractivity contribution in [3.8, 4) is 11.5 Å². The zero-order chi connectivity index (χ0) is 13.5. The number of benzene rings is 1. The van der Waals surface area contributed by atoms with E-state index in [0.29, 0.717) is 25.5 Å². The lowest BCUT2D eigenvalue weighted by molar-refractivity contribution is 0.171. The molecule has 1 aliphatic heterocycles. The van der Waals surface area contributed by atoms with Gasteiger partial charge in [-0.2, -0.15) is 0 Å². The van der Waals surface area contributed by atoms with E-state index in [4.69, 9.17) is 9.47 Å². The molecule has 0 spiro atoms. The Bertz CT molecular complexity index is 400. The zero-order valence-electron chi connectivity index (χ0n) is 11.2. The third-order valence-corrected chi connectivity index (χ3v) is 3.90. The number of thioether (sulfide) groups is 1. The van der Waals surface area contributed by atoms with E-state index in [9.17, 15) is 5.11 Å². The van der Waals surface area contributed by atoms with Crippen LogP contribution in [0.3, 0.4) is 0 Å². The van der Waals surface area contributed by atoms with E-state index in [1.165, 1.54) is 0 Å². The quantitative estimate of drug-likeness (QED) is 0.591. The van der Waals surface area contributed by atoms with Gasteiger partial charge in [-0.15, -0.1) is 11.8 Å². The third kappa shape index (κ3) is 4.60. The molecular formula is C14H21NO3S. The molecule has 1 atom stereocenters. The van der Waals surface area contributed by atoms with E-state index in [0.717, 1.165) is 29.4 Å². The van der Waals surface area contributed by atoms with E-state index in [1.807, 2.05) is 18.2 Å². The summed E-state index contributed by atoms with van der Waals surface area (Å²) in [4.78, 5) is 1.10. The Morgan fingerprint density at radius 2 is 2.11 bits per heavy atom. The van der Waals surface area contributed by atoms with Gasteiger partial charge in [-0.25, -0.2) is 0 Å². The highest BCUT2D eigenvalue weighted by atomic mass is 32.2. The van der Waals surface area contributed by atoms with Crippen LogP contribution < -0.4 is 14.8 Å². The van der Waals surface area contributed by atoms with E-state index in [2.05, 4.69) is 12.2 Å². The van der Waals surface area contributed by atoms with Crippen molar-refractivity contribution in [2.24, 2.45) is 0 Å². The molecule has 1 heterocycles. The van der Waals surface area contributed by atoms with Gasteiger partial charge in [0.2, 0.25) is 0 Å². The summed E-state index contributed by atoms with van der Waals surface area (Å²) in [6, 6.07) is 5.91. The largest absolute Gasteiger partial charge is 0.486 e. The first-order valence-electron chi connectivity index (χ1n) is 6.71. The average molecular weight is 283 g/mol. The van der Waals surface area contributed by atoms with E-state index >= 15 is 0 Å². The Kier molecular flexibility index (Phi) is 5.82. The normalized spacial score (nSPS) is 15.3. The second-order valence-corrected chi connectivity index (χ2v) is 5.57. The fourth-order valence-corrected chi connectivity index (χ4v) is 2.67. The van der Waals surface area contributed by atoms with Crippen LogP contribution >= 0.6 is 11.8 Å². The number of ether oxygens (including phenoxy) is 2. The highest BCUT2D eigenvalue weighted by molar-refractivity contribution is 7.99. The van der Waals surface area contributed by atoms with Gasteiger partial charge in [0.1, 0.15) is 13.2 Å². The summed E-state index contributed by atoms with van der Waals surface area (Å²) in [6.07, 6.45) is 0.756. The number of nitrogens with one attached hydrogen (secondary N) is 1. The standard InChI is InChI=1S/C14H21NO3S/c1-2-5-15-9-11(16)10-19-12-3-4-13-14(8-12)18-7-6-17-13/h3-4,8,11,15-16H,2,5-7,9-10H2,1H3. The summed E-state index contributed by atoms with van der Waals surface area (Å²) in [5, 5.41) is 13.0. The molecule has 1 unspecified atom stereocenters. The summed E-state index contributed by atoms with van der Waals surface area (Å²) in [7, 11) is 0. The number of aliphatic hydroxyl groups is 1. The van der Waals surface area contributed by atoms with Crippen LogP contribution in [0.25, 0.3) is 0 Å². The Morgan fingerprint density at radius 1 is 1.32 bits per heavy atom. The van der Waals surface area contributed by atoms with Crippen LogP contribution in [0, 0.1) is 0 Å². The maximum absolute atomic E-state index is 9.84. The van der Waals surface area contributed by atoms with E-state index < -0.39 is 0 Å². The van der Waals surface area contributed by atoms with Crippen molar-refractivity contribution >= 4 is 11.8 Å². The lowest BCUT2D eigenvalue weighted by Crippen LogP contribution is -2.28. The van der Waals surface area contributed by atoms with Gasteiger partial charge in [0.05, 0.1) is 6.10 Å². The maximum Gasteiger partial charge on any atom is 0.162 e. The summed E-state index contributed by atoms with van der Waals surface area (Å²) in [5.74, 6) is 2.28. The van der Waals surface area contributed by atoms with Crippen molar-refractivity contribution in [3.63, 3.8) is 0 Å². The van der Waals surface area contributed by atoms with Crippen LogP contribution in [-0.2, 0) is 0 Å².